The lowest BCUT2D eigenvalue weighted by molar-refractivity contribution is -0.155. The number of hydrogen-bond donors (Lipinski definition) is 0. The minimum Gasteiger partial charge on any atom is -0.462 e. The molecular formula is C18H34O4. The SMILES string of the molecule is CCCCCCCC(=O)OCCOC(=O)C(CC)CCCC. The summed E-state index contributed by atoms with van der Waals surface area (Å²) in [5.41, 5.74) is 0. The molecule has 4 nitrogen and oxygen atoms in total. The van der Waals surface area contributed by atoms with Crippen LogP contribution in [0.3, 0.4) is 0 Å². The molecular weight excluding hydrogens is 280 g/mol. The lowest BCUT2D eigenvalue weighted by Crippen LogP contribution is -2.20. The van der Waals surface area contributed by atoms with Crippen molar-refractivity contribution in [2.24, 2.45) is 5.92 Å². The highest BCUT2D eigenvalue weighted by atomic mass is 16.6. The molecule has 130 valence electrons. The fraction of sp³-hybridized carbons (Fsp3) is 0.889. The molecule has 0 aromatic rings. The fourth-order valence-corrected chi connectivity index (χ4v) is 2.30. The van der Waals surface area contributed by atoms with E-state index in [1.165, 1.54) is 19.3 Å². The van der Waals surface area contributed by atoms with E-state index in [2.05, 4.69) is 13.8 Å². The summed E-state index contributed by atoms with van der Waals surface area (Å²) in [6.07, 6.45) is 9.83. The quantitative estimate of drug-likeness (QED) is 0.346. The number of carbonyl (C=O) groups excluding carboxylic acids is 2. The molecule has 0 fully saturated rings. The van der Waals surface area contributed by atoms with Gasteiger partial charge in [0, 0.05) is 6.42 Å². The molecule has 0 amide bonds. The van der Waals surface area contributed by atoms with Crippen molar-refractivity contribution in [1.82, 2.24) is 0 Å². The molecule has 0 saturated carbocycles. The number of unbranched alkanes of at least 4 members (excludes halogenated alkanes) is 5. The van der Waals surface area contributed by atoms with E-state index >= 15 is 0 Å². The van der Waals surface area contributed by atoms with Crippen LogP contribution in [0.4, 0.5) is 0 Å². The predicted molar refractivity (Wildman–Crippen MR) is 88.6 cm³/mol. The van der Waals surface area contributed by atoms with E-state index in [1.807, 2.05) is 6.92 Å². The van der Waals surface area contributed by atoms with E-state index in [9.17, 15) is 9.59 Å². The monoisotopic (exact) mass is 314 g/mol. The molecule has 0 saturated heterocycles. The smallest absolute Gasteiger partial charge is 0.309 e. The zero-order chi connectivity index (χ0) is 16.6. The molecule has 0 N–H and O–H groups in total. The fourth-order valence-electron chi connectivity index (χ4n) is 2.30. The summed E-state index contributed by atoms with van der Waals surface area (Å²) in [6, 6.07) is 0. The average molecular weight is 314 g/mol. The maximum Gasteiger partial charge on any atom is 0.309 e. The standard InChI is InChI=1S/C18H34O4/c1-4-7-9-10-11-13-17(19)21-14-15-22-18(20)16(6-3)12-8-5-2/h16H,4-15H2,1-3H3. The first kappa shape index (κ1) is 20.9. The summed E-state index contributed by atoms with van der Waals surface area (Å²) < 4.78 is 10.3. The molecule has 0 rings (SSSR count). The molecule has 0 heterocycles. The summed E-state index contributed by atoms with van der Waals surface area (Å²) in [4.78, 5) is 23.3. The second-order valence-corrected chi connectivity index (χ2v) is 5.80. The summed E-state index contributed by atoms with van der Waals surface area (Å²) in [5.74, 6) is -0.369. The molecule has 0 aromatic carbocycles. The van der Waals surface area contributed by atoms with Gasteiger partial charge in [-0.15, -0.1) is 0 Å². The van der Waals surface area contributed by atoms with Crippen LogP contribution >= 0.6 is 0 Å². The predicted octanol–water partition coefficient (Wildman–Crippen LogP) is 4.65. The summed E-state index contributed by atoms with van der Waals surface area (Å²) in [7, 11) is 0. The number of hydrogen-bond acceptors (Lipinski definition) is 4. The summed E-state index contributed by atoms with van der Waals surface area (Å²) >= 11 is 0. The van der Waals surface area contributed by atoms with Crippen LogP contribution in [0.2, 0.25) is 0 Å². The van der Waals surface area contributed by atoms with Crippen LogP contribution in [-0.4, -0.2) is 25.2 Å². The first-order chi connectivity index (χ1) is 10.7. The number of carbonyl (C=O) groups is 2. The Bertz CT molecular complexity index is 289. The minimum atomic E-state index is -0.189. The first-order valence-corrected chi connectivity index (χ1v) is 8.97. The zero-order valence-electron chi connectivity index (χ0n) is 14.7. The maximum atomic E-state index is 11.8. The Morgan fingerprint density at radius 2 is 1.45 bits per heavy atom. The Morgan fingerprint density at radius 3 is 2.09 bits per heavy atom. The van der Waals surface area contributed by atoms with Crippen molar-refractivity contribution in [3.8, 4) is 0 Å². The third-order valence-corrected chi connectivity index (χ3v) is 3.81. The van der Waals surface area contributed by atoms with Gasteiger partial charge in [-0.3, -0.25) is 9.59 Å². The van der Waals surface area contributed by atoms with Crippen molar-refractivity contribution in [2.75, 3.05) is 13.2 Å². The largest absolute Gasteiger partial charge is 0.462 e. The van der Waals surface area contributed by atoms with Gasteiger partial charge < -0.3 is 9.47 Å². The van der Waals surface area contributed by atoms with Gasteiger partial charge in [0.2, 0.25) is 0 Å². The molecule has 0 aliphatic heterocycles. The maximum absolute atomic E-state index is 11.8. The van der Waals surface area contributed by atoms with Crippen molar-refractivity contribution in [1.29, 1.82) is 0 Å². The van der Waals surface area contributed by atoms with E-state index in [-0.39, 0.29) is 31.1 Å². The van der Waals surface area contributed by atoms with E-state index in [4.69, 9.17) is 9.47 Å². The van der Waals surface area contributed by atoms with E-state index in [0.29, 0.717) is 6.42 Å². The Morgan fingerprint density at radius 1 is 0.818 bits per heavy atom. The van der Waals surface area contributed by atoms with Crippen LogP contribution in [0.1, 0.15) is 85.0 Å². The Hall–Kier alpha value is -1.06. The number of ether oxygens (including phenoxy) is 2. The molecule has 0 spiro atoms. The first-order valence-electron chi connectivity index (χ1n) is 8.97. The molecule has 1 atom stereocenters. The van der Waals surface area contributed by atoms with Gasteiger partial charge in [0.15, 0.2) is 0 Å². The molecule has 1 unspecified atom stereocenters. The number of esters is 2. The molecule has 0 aliphatic carbocycles. The van der Waals surface area contributed by atoms with Crippen LogP contribution in [-0.2, 0) is 19.1 Å². The molecule has 22 heavy (non-hydrogen) atoms. The van der Waals surface area contributed by atoms with Crippen molar-refractivity contribution < 1.29 is 19.1 Å². The third-order valence-electron chi connectivity index (χ3n) is 3.81. The lowest BCUT2D eigenvalue weighted by Gasteiger charge is -2.13. The van der Waals surface area contributed by atoms with Crippen LogP contribution < -0.4 is 0 Å². The van der Waals surface area contributed by atoms with E-state index in [1.54, 1.807) is 0 Å². The van der Waals surface area contributed by atoms with E-state index < -0.39 is 0 Å². The molecule has 0 aromatic heterocycles. The third kappa shape index (κ3) is 11.6. The van der Waals surface area contributed by atoms with Crippen LogP contribution in [0.15, 0.2) is 0 Å². The van der Waals surface area contributed by atoms with Gasteiger partial charge in [-0.25, -0.2) is 0 Å². The van der Waals surface area contributed by atoms with Crippen molar-refractivity contribution in [3.63, 3.8) is 0 Å². The normalized spacial score (nSPS) is 12.0. The van der Waals surface area contributed by atoms with Gasteiger partial charge in [0.1, 0.15) is 13.2 Å². The van der Waals surface area contributed by atoms with Crippen LogP contribution in [0.5, 0.6) is 0 Å². The van der Waals surface area contributed by atoms with Gasteiger partial charge in [-0.05, 0) is 19.3 Å². The Balaban J connectivity index is 3.61. The Labute approximate surface area is 135 Å². The molecule has 4 heteroatoms. The minimum absolute atomic E-state index is 0.0192. The Kier molecular flexibility index (Phi) is 14.1. The molecule has 0 bridgehead atoms. The average Bonchev–Trinajstić information content (AvgIpc) is 2.52. The highest BCUT2D eigenvalue weighted by Crippen LogP contribution is 2.14. The van der Waals surface area contributed by atoms with Crippen molar-refractivity contribution >= 4 is 11.9 Å². The van der Waals surface area contributed by atoms with Gasteiger partial charge in [0.25, 0.3) is 0 Å². The van der Waals surface area contributed by atoms with Gasteiger partial charge in [0.05, 0.1) is 5.92 Å². The summed E-state index contributed by atoms with van der Waals surface area (Å²) in [5, 5.41) is 0. The second kappa shape index (κ2) is 14.9. The zero-order valence-corrected chi connectivity index (χ0v) is 14.7. The van der Waals surface area contributed by atoms with Gasteiger partial charge in [-0.1, -0.05) is 59.3 Å². The second-order valence-electron chi connectivity index (χ2n) is 5.80. The number of rotatable bonds is 14. The highest BCUT2D eigenvalue weighted by molar-refractivity contribution is 5.72. The van der Waals surface area contributed by atoms with Crippen LogP contribution in [0.25, 0.3) is 0 Å². The van der Waals surface area contributed by atoms with E-state index in [0.717, 1.165) is 38.5 Å². The summed E-state index contributed by atoms with van der Waals surface area (Å²) in [6.45, 7) is 6.62. The molecule has 0 radical (unpaired) electrons. The topological polar surface area (TPSA) is 52.6 Å². The van der Waals surface area contributed by atoms with Gasteiger partial charge >= 0.3 is 11.9 Å². The van der Waals surface area contributed by atoms with Crippen LogP contribution in [0, 0.1) is 5.92 Å². The van der Waals surface area contributed by atoms with Gasteiger partial charge in [-0.2, -0.15) is 0 Å². The van der Waals surface area contributed by atoms with Crippen molar-refractivity contribution in [3.05, 3.63) is 0 Å². The lowest BCUT2D eigenvalue weighted by atomic mass is 10.00. The van der Waals surface area contributed by atoms with Crippen molar-refractivity contribution in [2.45, 2.75) is 85.0 Å². The molecule has 0 aliphatic rings. The highest BCUT2D eigenvalue weighted by Gasteiger charge is 2.17.